The molecule has 1 heterocycles. The van der Waals surface area contributed by atoms with E-state index in [-0.39, 0.29) is 0 Å². The highest BCUT2D eigenvalue weighted by Gasteiger charge is 2.13. The molecule has 0 atom stereocenters. The Labute approximate surface area is 118 Å². The van der Waals surface area contributed by atoms with Gasteiger partial charge in [0.15, 0.2) is 0 Å². The first-order valence-corrected chi connectivity index (χ1v) is 7.06. The third kappa shape index (κ3) is 4.42. The Bertz CT molecular complexity index is 426. The van der Waals surface area contributed by atoms with Crippen LogP contribution in [0.4, 0.5) is 14.5 Å². The second-order valence-corrected chi connectivity index (χ2v) is 5.13. The molecule has 0 amide bonds. The molecule has 0 radical (unpaired) electrons. The first kappa shape index (κ1) is 15.2. The molecule has 5 heteroatoms. The molecule has 0 unspecified atom stereocenters. The molecule has 0 saturated carbocycles. The number of fused-ring (bicyclic) bond motifs is 1. The molecule has 20 heavy (non-hydrogen) atoms. The first-order valence-electron chi connectivity index (χ1n) is 7.06. The largest absolute Gasteiger partial charge is 0.374 e. The Hall–Kier alpha value is -1.20. The zero-order valence-electron chi connectivity index (χ0n) is 11.9. The molecule has 1 aliphatic heterocycles. The molecule has 1 aliphatic rings. The predicted molar refractivity (Wildman–Crippen MR) is 76.6 cm³/mol. The van der Waals surface area contributed by atoms with Crippen molar-refractivity contribution in [1.82, 2.24) is 5.32 Å². The molecule has 1 aromatic rings. The molecule has 0 aromatic heterocycles. The van der Waals surface area contributed by atoms with Crippen LogP contribution in [0.15, 0.2) is 18.2 Å². The van der Waals surface area contributed by atoms with Crippen LogP contribution in [-0.2, 0) is 17.7 Å². The van der Waals surface area contributed by atoms with Gasteiger partial charge in [-0.1, -0.05) is 12.1 Å². The number of nitrogens with one attached hydrogen (secondary N) is 1. The quantitative estimate of drug-likeness (QED) is 0.778. The van der Waals surface area contributed by atoms with Crippen molar-refractivity contribution >= 4 is 5.69 Å². The number of halogens is 2. The Morgan fingerprint density at radius 3 is 3.05 bits per heavy atom. The third-order valence-corrected chi connectivity index (χ3v) is 3.49. The lowest BCUT2D eigenvalue weighted by Crippen LogP contribution is -2.25. The number of ether oxygens (including phenoxy) is 1. The SMILES string of the molecule is CN1CCCc2cc(CNCCOCC(F)F)ccc21. The van der Waals surface area contributed by atoms with Crippen LogP contribution >= 0.6 is 0 Å². The molecular weight excluding hydrogens is 262 g/mol. The molecule has 1 N–H and O–H groups in total. The van der Waals surface area contributed by atoms with Gasteiger partial charge in [0.1, 0.15) is 6.61 Å². The van der Waals surface area contributed by atoms with Crippen LogP contribution in [0.2, 0.25) is 0 Å². The second-order valence-electron chi connectivity index (χ2n) is 5.13. The maximum Gasteiger partial charge on any atom is 0.261 e. The lowest BCUT2D eigenvalue weighted by Gasteiger charge is -2.27. The molecule has 0 spiro atoms. The van der Waals surface area contributed by atoms with Crippen molar-refractivity contribution < 1.29 is 13.5 Å². The number of hydrogen-bond donors (Lipinski definition) is 1. The first-order chi connectivity index (χ1) is 9.66. The summed E-state index contributed by atoms with van der Waals surface area (Å²) in [6, 6.07) is 6.52. The number of hydrogen-bond acceptors (Lipinski definition) is 3. The van der Waals surface area contributed by atoms with E-state index in [4.69, 9.17) is 4.74 Å². The number of benzene rings is 1. The van der Waals surface area contributed by atoms with E-state index >= 15 is 0 Å². The van der Waals surface area contributed by atoms with Gasteiger partial charge in [0.2, 0.25) is 0 Å². The number of rotatable bonds is 7. The van der Waals surface area contributed by atoms with Gasteiger partial charge in [-0.15, -0.1) is 0 Å². The number of alkyl halides is 2. The zero-order valence-corrected chi connectivity index (χ0v) is 11.9. The van der Waals surface area contributed by atoms with Gasteiger partial charge in [-0.2, -0.15) is 0 Å². The fourth-order valence-electron chi connectivity index (χ4n) is 2.50. The highest BCUT2D eigenvalue weighted by Crippen LogP contribution is 2.26. The predicted octanol–water partition coefficient (Wildman–Crippen LogP) is 2.44. The summed E-state index contributed by atoms with van der Waals surface area (Å²) in [6.07, 6.45) is -0.0556. The normalized spacial score (nSPS) is 14.7. The Morgan fingerprint density at radius 2 is 2.25 bits per heavy atom. The fraction of sp³-hybridized carbons (Fsp3) is 0.600. The smallest absolute Gasteiger partial charge is 0.261 e. The van der Waals surface area contributed by atoms with Crippen LogP contribution < -0.4 is 10.2 Å². The summed E-state index contributed by atoms with van der Waals surface area (Å²) in [6.45, 7) is 2.29. The topological polar surface area (TPSA) is 24.5 Å². The van der Waals surface area contributed by atoms with Crippen molar-refractivity contribution in [3.8, 4) is 0 Å². The monoisotopic (exact) mass is 284 g/mol. The highest BCUT2D eigenvalue weighted by atomic mass is 19.3. The summed E-state index contributed by atoms with van der Waals surface area (Å²) in [7, 11) is 2.12. The Morgan fingerprint density at radius 1 is 1.40 bits per heavy atom. The average Bonchev–Trinajstić information content (AvgIpc) is 2.42. The zero-order chi connectivity index (χ0) is 14.4. The van der Waals surface area contributed by atoms with Gasteiger partial charge in [0.25, 0.3) is 6.43 Å². The minimum atomic E-state index is -2.38. The fourth-order valence-corrected chi connectivity index (χ4v) is 2.50. The van der Waals surface area contributed by atoms with E-state index in [1.54, 1.807) is 0 Å². The minimum Gasteiger partial charge on any atom is -0.374 e. The maximum atomic E-state index is 11.9. The van der Waals surface area contributed by atoms with Crippen molar-refractivity contribution in [2.24, 2.45) is 0 Å². The summed E-state index contributed by atoms with van der Waals surface area (Å²) in [5, 5.41) is 3.21. The lowest BCUT2D eigenvalue weighted by atomic mass is 9.99. The summed E-state index contributed by atoms with van der Waals surface area (Å²) >= 11 is 0. The van der Waals surface area contributed by atoms with Crippen molar-refractivity contribution in [2.75, 3.05) is 38.3 Å². The summed E-state index contributed by atoms with van der Waals surface area (Å²) in [5.74, 6) is 0. The molecule has 112 valence electrons. The number of anilines is 1. The summed E-state index contributed by atoms with van der Waals surface area (Å²) in [4.78, 5) is 2.29. The molecule has 0 saturated heterocycles. The van der Waals surface area contributed by atoms with Crippen molar-refractivity contribution in [1.29, 1.82) is 0 Å². The van der Waals surface area contributed by atoms with E-state index in [1.807, 2.05) is 0 Å². The lowest BCUT2D eigenvalue weighted by molar-refractivity contribution is 0.0187. The standard InChI is InChI=1S/C15H22F2N2O/c1-19-7-2-3-13-9-12(4-5-14(13)19)10-18-6-8-20-11-15(16)17/h4-5,9,15,18H,2-3,6-8,10-11H2,1H3. The summed E-state index contributed by atoms with van der Waals surface area (Å²) in [5.41, 5.74) is 3.94. The molecule has 1 aromatic carbocycles. The van der Waals surface area contributed by atoms with E-state index in [2.05, 4.69) is 35.5 Å². The van der Waals surface area contributed by atoms with Crippen molar-refractivity contribution in [3.05, 3.63) is 29.3 Å². The van der Waals surface area contributed by atoms with Crippen LogP contribution in [0.5, 0.6) is 0 Å². The van der Waals surface area contributed by atoms with Crippen LogP contribution in [0.3, 0.4) is 0 Å². The van der Waals surface area contributed by atoms with Crippen LogP contribution in [-0.4, -0.2) is 39.8 Å². The van der Waals surface area contributed by atoms with Gasteiger partial charge in [0.05, 0.1) is 6.61 Å². The number of aryl methyl sites for hydroxylation is 1. The van der Waals surface area contributed by atoms with E-state index in [0.29, 0.717) is 13.2 Å². The van der Waals surface area contributed by atoms with Gasteiger partial charge in [-0.3, -0.25) is 0 Å². The van der Waals surface area contributed by atoms with Crippen molar-refractivity contribution in [3.63, 3.8) is 0 Å². The van der Waals surface area contributed by atoms with E-state index in [0.717, 1.165) is 19.5 Å². The highest BCUT2D eigenvalue weighted by molar-refractivity contribution is 5.56. The van der Waals surface area contributed by atoms with Gasteiger partial charge < -0.3 is 15.0 Å². The van der Waals surface area contributed by atoms with Crippen LogP contribution in [0.1, 0.15) is 17.5 Å². The Balaban J connectivity index is 1.74. The molecule has 0 aliphatic carbocycles. The van der Waals surface area contributed by atoms with Crippen LogP contribution in [0, 0.1) is 0 Å². The Kier molecular flexibility index (Phi) is 5.73. The average molecular weight is 284 g/mol. The van der Waals surface area contributed by atoms with E-state index in [9.17, 15) is 8.78 Å². The van der Waals surface area contributed by atoms with Gasteiger partial charge in [-0.25, -0.2) is 8.78 Å². The maximum absolute atomic E-state index is 11.9. The van der Waals surface area contributed by atoms with Gasteiger partial charge in [-0.05, 0) is 30.0 Å². The van der Waals surface area contributed by atoms with Gasteiger partial charge in [0, 0.05) is 32.4 Å². The second kappa shape index (κ2) is 7.55. The van der Waals surface area contributed by atoms with Crippen molar-refractivity contribution in [2.45, 2.75) is 25.8 Å². The molecule has 3 nitrogen and oxygen atoms in total. The third-order valence-electron chi connectivity index (χ3n) is 3.49. The minimum absolute atomic E-state index is 0.317. The molecule has 2 rings (SSSR count). The van der Waals surface area contributed by atoms with Gasteiger partial charge >= 0.3 is 0 Å². The number of nitrogens with zero attached hydrogens (tertiary/aromatic N) is 1. The molecule has 0 fully saturated rings. The summed E-state index contributed by atoms with van der Waals surface area (Å²) < 4.78 is 28.5. The van der Waals surface area contributed by atoms with Crippen LogP contribution in [0.25, 0.3) is 0 Å². The van der Waals surface area contributed by atoms with E-state index < -0.39 is 13.0 Å². The molecule has 0 bridgehead atoms. The van der Waals surface area contributed by atoms with E-state index in [1.165, 1.54) is 23.2 Å². The molecular formula is C15H22F2N2O.